The van der Waals surface area contributed by atoms with Gasteiger partial charge in [0.05, 0.1) is 7.11 Å². The van der Waals surface area contributed by atoms with Gasteiger partial charge in [0.25, 0.3) is 0 Å². The van der Waals surface area contributed by atoms with E-state index in [1.165, 1.54) is 0 Å². The second kappa shape index (κ2) is 5.85. The van der Waals surface area contributed by atoms with E-state index >= 15 is 0 Å². The molecule has 4 nitrogen and oxygen atoms in total. The van der Waals surface area contributed by atoms with Crippen LogP contribution in [-0.4, -0.2) is 13.9 Å². The highest BCUT2D eigenvalue weighted by Crippen LogP contribution is 2.37. The minimum atomic E-state index is 0.288. The Morgan fingerprint density at radius 1 is 1.19 bits per heavy atom. The van der Waals surface area contributed by atoms with Crippen LogP contribution in [0.5, 0.6) is 17.2 Å². The Morgan fingerprint density at radius 3 is 2.67 bits per heavy atom. The number of nitrogens with one attached hydrogen (secondary N) is 1. The molecule has 0 bridgehead atoms. The molecule has 0 aliphatic carbocycles. The second-order valence-electron chi connectivity index (χ2n) is 4.83. The zero-order valence-electron chi connectivity index (χ0n) is 11.9. The molecule has 21 heavy (non-hydrogen) atoms. The van der Waals surface area contributed by atoms with E-state index in [0.29, 0.717) is 6.54 Å². The van der Waals surface area contributed by atoms with Gasteiger partial charge in [-0.1, -0.05) is 15.9 Å². The lowest BCUT2D eigenvalue weighted by Crippen LogP contribution is -2.02. The number of fused-ring (bicyclic) bond motifs is 1. The summed E-state index contributed by atoms with van der Waals surface area (Å²) in [7, 11) is 1.67. The maximum Gasteiger partial charge on any atom is 0.231 e. The van der Waals surface area contributed by atoms with Crippen LogP contribution in [0.25, 0.3) is 0 Å². The third-order valence-corrected chi connectivity index (χ3v) is 4.18. The van der Waals surface area contributed by atoms with Crippen molar-refractivity contribution in [2.45, 2.75) is 13.5 Å². The summed E-state index contributed by atoms with van der Waals surface area (Å²) in [6.45, 7) is 3.04. The van der Waals surface area contributed by atoms with Crippen molar-refractivity contribution in [2.24, 2.45) is 0 Å². The van der Waals surface area contributed by atoms with Crippen molar-refractivity contribution in [1.82, 2.24) is 0 Å². The van der Waals surface area contributed by atoms with Gasteiger partial charge in [-0.3, -0.25) is 0 Å². The molecule has 0 saturated heterocycles. The Labute approximate surface area is 132 Å². The topological polar surface area (TPSA) is 39.7 Å². The predicted octanol–water partition coefficient (Wildman–Crippen LogP) is 4.11. The highest BCUT2D eigenvalue weighted by Gasteiger charge is 2.16. The van der Waals surface area contributed by atoms with E-state index in [1.54, 1.807) is 7.11 Å². The molecule has 0 unspecified atom stereocenters. The van der Waals surface area contributed by atoms with Crippen LogP contribution >= 0.6 is 15.9 Å². The first-order chi connectivity index (χ1) is 10.2. The number of anilines is 1. The molecule has 110 valence electrons. The van der Waals surface area contributed by atoms with Gasteiger partial charge < -0.3 is 19.5 Å². The Balaban J connectivity index is 1.76. The fourth-order valence-corrected chi connectivity index (χ4v) is 2.71. The van der Waals surface area contributed by atoms with Crippen molar-refractivity contribution < 1.29 is 14.2 Å². The number of aryl methyl sites for hydroxylation is 1. The van der Waals surface area contributed by atoms with Crippen LogP contribution in [0.4, 0.5) is 5.69 Å². The zero-order valence-corrected chi connectivity index (χ0v) is 13.5. The van der Waals surface area contributed by atoms with E-state index in [1.807, 2.05) is 30.3 Å². The average Bonchev–Trinajstić information content (AvgIpc) is 2.92. The fourth-order valence-electron chi connectivity index (χ4n) is 2.25. The fraction of sp³-hybridized carbons (Fsp3) is 0.250. The molecule has 0 saturated carbocycles. The number of hydrogen-bond acceptors (Lipinski definition) is 4. The van der Waals surface area contributed by atoms with Gasteiger partial charge >= 0.3 is 0 Å². The first kappa shape index (κ1) is 14.1. The largest absolute Gasteiger partial charge is 0.497 e. The standard InChI is InChI=1S/C16H16BrNO3/c1-10-5-12(19-2)3-4-14(10)18-8-11-6-15-16(7-13(11)17)21-9-20-15/h3-7,18H,8-9H2,1-2H3. The van der Waals surface area contributed by atoms with Gasteiger partial charge in [-0.15, -0.1) is 0 Å². The third kappa shape index (κ3) is 2.93. The summed E-state index contributed by atoms with van der Waals surface area (Å²) in [5.74, 6) is 2.44. The Bertz CT molecular complexity index is 673. The molecular weight excluding hydrogens is 334 g/mol. The first-order valence-corrected chi connectivity index (χ1v) is 7.43. The minimum absolute atomic E-state index is 0.288. The van der Waals surface area contributed by atoms with Gasteiger partial charge in [-0.05, 0) is 48.4 Å². The summed E-state index contributed by atoms with van der Waals surface area (Å²) in [6.07, 6.45) is 0. The number of methoxy groups -OCH3 is 1. The molecule has 2 aromatic carbocycles. The van der Waals surface area contributed by atoms with E-state index in [-0.39, 0.29) is 6.79 Å². The highest BCUT2D eigenvalue weighted by atomic mass is 79.9. The quantitative estimate of drug-likeness (QED) is 0.901. The normalized spacial score (nSPS) is 12.3. The summed E-state index contributed by atoms with van der Waals surface area (Å²) in [4.78, 5) is 0. The number of rotatable bonds is 4. The van der Waals surface area contributed by atoms with Gasteiger partial charge in [0.2, 0.25) is 6.79 Å². The number of benzene rings is 2. The van der Waals surface area contributed by atoms with Gasteiger partial charge in [0, 0.05) is 16.7 Å². The molecule has 0 atom stereocenters. The van der Waals surface area contributed by atoms with Gasteiger partial charge in [-0.25, -0.2) is 0 Å². The molecule has 1 aliphatic heterocycles. The molecule has 3 rings (SSSR count). The molecule has 1 N–H and O–H groups in total. The predicted molar refractivity (Wildman–Crippen MR) is 85.3 cm³/mol. The number of hydrogen-bond donors (Lipinski definition) is 1. The van der Waals surface area contributed by atoms with Crippen LogP contribution < -0.4 is 19.5 Å². The maximum absolute atomic E-state index is 5.41. The van der Waals surface area contributed by atoms with E-state index in [2.05, 4.69) is 28.2 Å². The van der Waals surface area contributed by atoms with Crippen LogP contribution in [0.3, 0.4) is 0 Å². The smallest absolute Gasteiger partial charge is 0.231 e. The van der Waals surface area contributed by atoms with Crippen LogP contribution in [-0.2, 0) is 6.54 Å². The van der Waals surface area contributed by atoms with Crippen molar-refractivity contribution in [3.63, 3.8) is 0 Å². The Morgan fingerprint density at radius 2 is 1.95 bits per heavy atom. The van der Waals surface area contributed by atoms with Crippen LogP contribution in [0.2, 0.25) is 0 Å². The molecule has 0 fully saturated rings. The average molecular weight is 350 g/mol. The van der Waals surface area contributed by atoms with Gasteiger partial charge in [0.15, 0.2) is 11.5 Å². The van der Waals surface area contributed by atoms with Crippen LogP contribution in [0.1, 0.15) is 11.1 Å². The van der Waals surface area contributed by atoms with E-state index < -0.39 is 0 Å². The molecule has 5 heteroatoms. The summed E-state index contributed by atoms with van der Waals surface area (Å²) in [5, 5.41) is 3.43. The molecule has 0 radical (unpaired) electrons. The monoisotopic (exact) mass is 349 g/mol. The molecule has 2 aromatic rings. The van der Waals surface area contributed by atoms with Crippen LogP contribution in [0.15, 0.2) is 34.8 Å². The maximum atomic E-state index is 5.41. The lowest BCUT2D eigenvalue weighted by Gasteiger charge is -2.12. The van der Waals surface area contributed by atoms with Crippen molar-refractivity contribution in [3.05, 3.63) is 45.9 Å². The first-order valence-electron chi connectivity index (χ1n) is 6.64. The van der Waals surface area contributed by atoms with E-state index in [4.69, 9.17) is 14.2 Å². The van der Waals surface area contributed by atoms with E-state index in [9.17, 15) is 0 Å². The number of ether oxygens (including phenoxy) is 3. The van der Waals surface area contributed by atoms with Crippen molar-refractivity contribution >= 4 is 21.6 Å². The summed E-state index contributed by atoms with van der Waals surface area (Å²) >= 11 is 3.57. The summed E-state index contributed by atoms with van der Waals surface area (Å²) in [5.41, 5.74) is 3.35. The SMILES string of the molecule is COc1ccc(NCc2cc3c(cc2Br)OCO3)c(C)c1. The zero-order chi connectivity index (χ0) is 14.8. The molecule has 1 heterocycles. The molecular formula is C16H16BrNO3. The Hall–Kier alpha value is -1.88. The van der Waals surface area contributed by atoms with Gasteiger partial charge in [0.1, 0.15) is 5.75 Å². The van der Waals surface area contributed by atoms with Crippen molar-refractivity contribution in [2.75, 3.05) is 19.2 Å². The lowest BCUT2D eigenvalue weighted by atomic mass is 10.1. The summed E-state index contributed by atoms with van der Waals surface area (Å²) < 4.78 is 17.0. The Kier molecular flexibility index (Phi) is 3.92. The molecule has 0 aromatic heterocycles. The van der Waals surface area contributed by atoms with Crippen LogP contribution in [0, 0.1) is 6.92 Å². The minimum Gasteiger partial charge on any atom is -0.497 e. The summed E-state index contributed by atoms with van der Waals surface area (Å²) in [6, 6.07) is 9.93. The van der Waals surface area contributed by atoms with E-state index in [0.717, 1.165) is 38.5 Å². The lowest BCUT2D eigenvalue weighted by molar-refractivity contribution is 0.174. The molecule has 1 aliphatic rings. The number of halogens is 1. The highest BCUT2D eigenvalue weighted by molar-refractivity contribution is 9.10. The third-order valence-electron chi connectivity index (χ3n) is 3.44. The van der Waals surface area contributed by atoms with Crippen molar-refractivity contribution in [1.29, 1.82) is 0 Å². The molecule has 0 spiro atoms. The second-order valence-corrected chi connectivity index (χ2v) is 5.69. The van der Waals surface area contributed by atoms with Gasteiger partial charge in [-0.2, -0.15) is 0 Å². The molecule has 0 amide bonds. The van der Waals surface area contributed by atoms with Crippen molar-refractivity contribution in [3.8, 4) is 17.2 Å².